The summed E-state index contributed by atoms with van der Waals surface area (Å²) >= 11 is 18.8. The molecule has 0 aromatic heterocycles. The quantitative estimate of drug-likeness (QED) is 0.617. The number of hydrogen-bond acceptors (Lipinski definition) is 2. The minimum absolute atomic E-state index is 0.00113. The molecule has 0 aliphatic heterocycles. The average molecular weight is 442 g/mol. The lowest BCUT2D eigenvalue weighted by Crippen LogP contribution is -2.49. The van der Waals surface area contributed by atoms with Crippen molar-refractivity contribution in [1.82, 2.24) is 10.2 Å². The maximum absolute atomic E-state index is 13.2. The molecule has 0 unspecified atom stereocenters. The zero-order valence-electron chi connectivity index (χ0n) is 15.8. The first kappa shape index (κ1) is 22.5. The van der Waals surface area contributed by atoms with Gasteiger partial charge in [0.2, 0.25) is 11.8 Å². The lowest BCUT2D eigenvalue weighted by molar-refractivity contribution is -0.140. The molecule has 0 fully saturated rings. The second kappa shape index (κ2) is 10.7. The topological polar surface area (TPSA) is 49.4 Å². The summed E-state index contributed by atoms with van der Waals surface area (Å²) in [6.45, 7) is 4.42. The number of carbonyl (C=O) groups excluding carboxylic acids is 2. The van der Waals surface area contributed by atoms with Crippen molar-refractivity contribution >= 4 is 46.6 Å². The Hall–Kier alpha value is -1.75. The van der Waals surface area contributed by atoms with E-state index in [1.165, 1.54) is 0 Å². The molecule has 2 aromatic carbocycles. The molecule has 2 rings (SSSR count). The van der Waals surface area contributed by atoms with Gasteiger partial charge < -0.3 is 10.2 Å². The number of rotatable bonds is 8. The Morgan fingerprint density at radius 3 is 2.14 bits per heavy atom. The molecule has 150 valence electrons. The summed E-state index contributed by atoms with van der Waals surface area (Å²) in [5, 5.41) is 4.19. The Morgan fingerprint density at radius 2 is 1.57 bits per heavy atom. The monoisotopic (exact) mass is 440 g/mol. The molecule has 0 saturated carbocycles. The number of carbonyl (C=O) groups is 2. The van der Waals surface area contributed by atoms with Crippen LogP contribution < -0.4 is 5.32 Å². The Bertz CT molecular complexity index is 822. The van der Waals surface area contributed by atoms with Crippen LogP contribution in [0.25, 0.3) is 0 Å². The fraction of sp³-hybridized carbons (Fsp3) is 0.333. The second-order valence-corrected chi connectivity index (χ2v) is 7.53. The van der Waals surface area contributed by atoms with Gasteiger partial charge in [-0.2, -0.15) is 0 Å². The van der Waals surface area contributed by atoms with Gasteiger partial charge in [0, 0.05) is 28.2 Å². The van der Waals surface area contributed by atoms with Crippen LogP contribution in [0.1, 0.15) is 31.4 Å². The van der Waals surface area contributed by atoms with Crippen LogP contribution in [0.2, 0.25) is 15.1 Å². The minimum atomic E-state index is -0.620. The van der Waals surface area contributed by atoms with Crippen molar-refractivity contribution in [3.63, 3.8) is 0 Å². The third kappa shape index (κ3) is 5.63. The number of nitrogens with one attached hydrogen (secondary N) is 1. The summed E-state index contributed by atoms with van der Waals surface area (Å²) in [6, 6.07) is 11.8. The van der Waals surface area contributed by atoms with Gasteiger partial charge in [0.05, 0.1) is 6.42 Å². The van der Waals surface area contributed by atoms with Crippen LogP contribution >= 0.6 is 34.8 Å². The van der Waals surface area contributed by atoms with Gasteiger partial charge in [0.1, 0.15) is 6.04 Å². The molecule has 0 heterocycles. The van der Waals surface area contributed by atoms with Crippen LogP contribution in [0.15, 0.2) is 42.5 Å². The summed E-state index contributed by atoms with van der Waals surface area (Å²) in [4.78, 5) is 27.4. The normalized spacial score (nSPS) is 11.8. The number of halogens is 3. The lowest BCUT2D eigenvalue weighted by atomic mass is 10.1. The van der Waals surface area contributed by atoms with Gasteiger partial charge in [-0.1, -0.05) is 66.0 Å². The molecule has 1 N–H and O–H groups in total. The van der Waals surface area contributed by atoms with E-state index in [-0.39, 0.29) is 24.8 Å². The molecule has 4 nitrogen and oxygen atoms in total. The van der Waals surface area contributed by atoms with E-state index in [0.717, 1.165) is 5.56 Å². The first-order valence-electron chi connectivity index (χ1n) is 9.12. The molecule has 0 spiro atoms. The lowest BCUT2D eigenvalue weighted by Gasteiger charge is -2.31. The Morgan fingerprint density at radius 1 is 0.964 bits per heavy atom. The van der Waals surface area contributed by atoms with Gasteiger partial charge in [0.15, 0.2) is 0 Å². The number of amides is 2. The average Bonchev–Trinajstić information content (AvgIpc) is 2.66. The fourth-order valence-electron chi connectivity index (χ4n) is 2.98. The number of likely N-dealkylation sites (N-methyl/N-ethyl adjacent to an activating group) is 1. The van der Waals surface area contributed by atoms with Gasteiger partial charge in [0.25, 0.3) is 0 Å². The Kier molecular flexibility index (Phi) is 8.61. The predicted molar refractivity (Wildman–Crippen MR) is 115 cm³/mol. The summed E-state index contributed by atoms with van der Waals surface area (Å²) in [7, 11) is 0. The highest BCUT2D eigenvalue weighted by Gasteiger charge is 2.29. The molecule has 0 radical (unpaired) electrons. The van der Waals surface area contributed by atoms with Crippen LogP contribution in [-0.4, -0.2) is 29.3 Å². The van der Waals surface area contributed by atoms with Gasteiger partial charge >= 0.3 is 0 Å². The third-order valence-electron chi connectivity index (χ3n) is 4.43. The third-order valence-corrected chi connectivity index (χ3v) is 5.50. The van der Waals surface area contributed by atoms with Gasteiger partial charge in [-0.15, -0.1) is 0 Å². The Balaban J connectivity index is 2.37. The summed E-state index contributed by atoms with van der Waals surface area (Å²) in [5.74, 6) is -0.441. The zero-order valence-corrected chi connectivity index (χ0v) is 18.1. The van der Waals surface area contributed by atoms with Crippen molar-refractivity contribution in [3.05, 3.63) is 68.7 Å². The number of benzene rings is 2. The molecule has 2 amide bonds. The van der Waals surface area contributed by atoms with Gasteiger partial charge in [-0.05, 0) is 42.7 Å². The van der Waals surface area contributed by atoms with E-state index in [2.05, 4.69) is 5.32 Å². The van der Waals surface area contributed by atoms with E-state index < -0.39 is 6.04 Å². The molecular weight excluding hydrogens is 419 g/mol. The van der Waals surface area contributed by atoms with Crippen LogP contribution in [0.5, 0.6) is 0 Å². The maximum atomic E-state index is 13.2. The van der Waals surface area contributed by atoms with Crippen molar-refractivity contribution < 1.29 is 9.59 Å². The number of nitrogens with zero attached hydrogens (tertiary/aromatic N) is 1. The minimum Gasteiger partial charge on any atom is -0.355 e. The maximum Gasteiger partial charge on any atom is 0.242 e. The molecule has 2 aromatic rings. The SMILES string of the molecule is CCNC(=O)[C@@H](CC)N(Cc1ccccc1Cl)C(=O)Cc1c(Cl)cccc1Cl. The molecule has 0 saturated heterocycles. The number of hydrogen-bond donors (Lipinski definition) is 1. The van der Waals surface area contributed by atoms with Crippen molar-refractivity contribution in [3.8, 4) is 0 Å². The first-order valence-corrected chi connectivity index (χ1v) is 10.3. The Labute approximate surface area is 180 Å². The van der Waals surface area contributed by atoms with E-state index >= 15 is 0 Å². The molecule has 0 aliphatic rings. The van der Waals surface area contributed by atoms with Crippen LogP contribution in [0.3, 0.4) is 0 Å². The van der Waals surface area contributed by atoms with E-state index in [9.17, 15) is 9.59 Å². The van der Waals surface area contributed by atoms with E-state index in [1.807, 2.05) is 32.0 Å². The van der Waals surface area contributed by atoms with Crippen LogP contribution in [-0.2, 0) is 22.6 Å². The van der Waals surface area contributed by atoms with Crippen LogP contribution in [0, 0.1) is 0 Å². The second-order valence-electron chi connectivity index (χ2n) is 6.31. The summed E-state index contributed by atoms with van der Waals surface area (Å²) in [6.07, 6.45) is 0.469. The fourth-order valence-corrected chi connectivity index (χ4v) is 3.70. The highest BCUT2D eigenvalue weighted by molar-refractivity contribution is 6.36. The smallest absolute Gasteiger partial charge is 0.242 e. The van der Waals surface area contributed by atoms with Crippen molar-refractivity contribution in [2.24, 2.45) is 0 Å². The molecule has 0 bridgehead atoms. The highest BCUT2D eigenvalue weighted by atomic mass is 35.5. The van der Waals surface area contributed by atoms with E-state index in [0.29, 0.717) is 33.6 Å². The van der Waals surface area contributed by atoms with Crippen LogP contribution in [0.4, 0.5) is 0 Å². The zero-order chi connectivity index (χ0) is 20.7. The molecule has 7 heteroatoms. The van der Waals surface area contributed by atoms with Gasteiger partial charge in [-0.25, -0.2) is 0 Å². The molecule has 1 atom stereocenters. The summed E-state index contributed by atoms with van der Waals surface area (Å²) in [5.41, 5.74) is 1.32. The van der Waals surface area contributed by atoms with E-state index in [1.54, 1.807) is 29.2 Å². The molecule has 28 heavy (non-hydrogen) atoms. The van der Waals surface area contributed by atoms with Crippen molar-refractivity contribution in [1.29, 1.82) is 0 Å². The highest BCUT2D eigenvalue weighted by Crippen LogP contribution is 2.27. The largest absolute Gasteiger partial charge is 0.355 e. The summed E-state index contributed by atoms with van der Waals surface area (Å²) < 4.78 is 0. The van der Waals surface area contributed by atoms with Crippen molar-refractivity contribution in [2.45, 2.75) is 39.3 Å². The van der Waals surface area contributed by atoms with Crippen molar-refractivity contribution in [2.75, 3.05) is 6.54 Å². The van der Waals surface area contributed by atoms with E-state index in [4.69, 9.17) is 34.8 Å². The molecule has 0 aliphatic carbocycles. The van der Waals surface area contributed by atoms with Gasteiger partial charge in [-0.3, -0.25) is 9.59 Å². The molecular formula is C21H23Cl3N2O2. The first-order chi connectivity index (χ1) is 13.4. The standard InChI is InChI=1S/C21H23Cl3N2O2/c1-3-19(21(28)25-4-2)26(13-14-8-5-6-9-16(14)22)20(27)12-15-17(23)10-7-11-18(15)24/h5-11,19H,3-4,12-13H2,1-2H3,(H,25,28)/t19-/m1/s1. The predicted octanol–water partition coefficient (Wildman–Crippen LogP) is 5.13.